The second-order valence-electron chi connectivity index (χ2n) is 3.81. The van der Waals surface area contributed by atoms with Crippen LogP contribution in [0, 0.1) is 0 Å². The van der Waals surface area contributed by atoms with E-state index in [9.17, 15) is 9.59 Å². The van der Waals surface area contributed by atoms with E-state index in [1.54, 1.807) is 25.1 Å². The number of esters is 1. The van der Waals surface area contributed by atoms with Gasteiger partial charge in [0.25, 0.3) is 0 Å². The molecule has 6 nitrogen and oxygen atoms in total. The number of nitrogen functional groups attached to an aromatic ring is 1. The average molecular weight is 298 g/mol. The summed E-state index contributed by atoms with van der Waals surface area (Å²) in [7, 11) is 1.51. The van der Waals surface area contributed by atoms with Crippen LogP contribution in [0.5, 0.6) is 5.75 Å². The molecule has 0 bridgehead atoms. The highest BCUT2D eigenvalue weighted by atomic mass is 32.2. The average Bonchev–Trinajstić information content (AvgIpc) is 2.39. The van der Waals surface area contributed by atoms with Crippen LogP contribution in [0.4, 0.5) is 11.4 Å². The Hall–Kier alpha value is -1.89. The lowest BCUT2D eigenvalue weighted by Gasteiger charge is -2.10. The van der Waals surface area contributed by atoms with Crippen LogP contribution >= 0.6 is 11.8 Å². The SMILES string of the molecule is CCOC(=O)CSCC(=O)Nc1cc(N)ccc1OC. The lowest BCUT2D eigenvalue weighted by Crippen LogP contribution is -2.16. The predicted octanol–water partition coefficient (Wildman–Crippen LogP) is 1.51. The lowest BCUT2D eigenvalue weighted by molar-refractivity contribution is -0.139. The van der Waals surface area contributed by atoms with Crippen molar-refractivity contribution in [3.8, 4) is 5.75 Å². The van der Waals surface area contributed by atoms with Gasteiger partial charge in [-0.2, -0.15) is 0 Å². The Morgan fingerprint density at radius 1 is 1.35 bits per heavy atom. The number of nitrogens with one attached hydrogen (secondary N) is 1. The van der Waals surface area contributed by atoms with Gasteiger partial charge in [0, 0.05) is 5.69 Å². The van der Waals surface area contributed by atoms with Crippen LogP contribution in [0.1, 0.15) is 6.92 Å². The van der Waals surface area contributed by atoms with Crippen LogP contribution in [0.25, 0.3) is 0 Å². The minimum Gasteiger partial charge on any atom is -0.495 e. The maximum Gasteiger partial charge on any atom is 0.315 e. The van der Waals surface area contributed by atoms with Gasteiger partial charge in [0.05, 0.1) is 30.9 Å². The molecule has 0 fully saturated rings. The molecule has 3 N–H and O–H groups in total. The number of benzene rings is 1. The molecule has 0 aliphatic rings. The minimum absolute atomic E-state index is 0.148. The third-order valence-corrected chi connectivity index (χ3v) is 3.16. The van der Waals surface area contributed by atoms with Gasteiger partial charge in [-0.1, -0.05) is 0 Å². The molecule has 0 aromatic heterocycles. The highest BCUT2D eigenvalue weighted by Crippen LogP contribution is 2.26. The Bertz CT molecular complexity index is 479. The van der Waals surface area contributed by atoms with Gasteiger partial charge in [-0.25, -0.2) is 0 Å². The molecule has 1 aromatic rings. The number of nitrogens with two attached hydrogens (primary N) is 1. The molecular formula is C13H18N2O4S. The molecule has 1 amide bonds. The molecule has 0 heterocycles. The summed E-state index contributed by atoms with van der Waals surface area (Å²) < 4.78 is 9.89. The van der Waals surface area contributed by atoms with Crippen LogP contribution in [0.3, 0.4) is 0 Å². The number of rotatable bonds is 7. The summed E-state index contributed by atoms with van der Waals surface area (Å²) in [5.41, 5.74) is 6.69. The van der Waals surface area contributed by atoms with Gasteiger partial charge in [-0.15, -0.1) is 11.8 Å². The molecule has 1 rings (SSSR count). The van der Waals surface area contributed by atoms with Crippen molar-refractivity contribution in [1.29, 1.82) is 0 Å². The van der Waals surface area contributed by atoms with Crippen molar-refractivity contribution in [2.24, 2.45) is 0 Å². The molecule has 110 valence electrons. The van der Waals surface area contributed by atoms with E-state index in [1.807, 2.05) is 0 Å². The highest BCUT2D eigenvalue weighted by molar-refractivity contribution is 8.00. The fourth-order valence-corrected chi connectivity index (χ4v) is 2.05. The summed E-state index contributed by atoms with van der Waals surface area (Å²) in [4.78, 5) is 22.9. The first-order valence-corrected chi connectivity index (χ1v) is 7.19. The van der Waals surface area contributed by atoms with Gasteiger partial charge < -0.3 is 20.5 Å². The summed E-state index contributed by atoms with van der Waals surface area (Å²) in [6.07, 6.45) is 0. The van der Waals surface area contributed by atoms with E-state index in [-0.39, 0.29) is 23.4 Å². The number of anilines is 2. The van der Waals surface area contributed by atoms with Gasteiger partial charge in [0.1, 0.15) is 5.75 Å². The van der Waals surface area contributed by atoms with Crippen LogP contribution in [-0.4, -0.2) is 37.1 Å². The Labute approximate surface area is 122 Å². The second kappa shape index (κ2) is 8.31. The molecule has 1 aromatic carbocycles. The van der Waals surface area contributed by atoms with Crippen molar-refractivity contribution in [2.45, 2.75) is 6.92 Å². The number of hydrogen-bond donors (Lipinski definition) is 2. The fourth-order valence-electron chi connectivity index (χ4n) is 1.44. The van der Waals surface area contributed by atoms with Crippen molar-refractivity contribution >= 4 is 35.0 Å². The number of thioether (sulfide) groups is 1. The van der Waals surface area contributed by atoms with E-state index >= 15 is 0 Å². The number of carbonyl (C=O) groups excluding carboxylic acids is 2. The largest absolute Gasteiger partial charge is 0.495 e. The minimum atomic E-state index is -0.327. The molecule has 20 heavy (non-hydrogen) atoms. The summed E-state index contributed by atoms with van der Waals surface area (Å²) in [5, 5.41) is 2.69. The Morgan fingerprint density at radius 2 is 2.10 bits per heavy atom. The van der Waals surface area contributed by atoms with Crippen LogP contribution in [-0.2, 0) is 14.3 Å². The number of ether oxygens (including phenoxy) is 2. The van der Waals surface area contributed by atoms with Crippen LogP contribution in [0.2, 0.25) is 0 Å². The van der Waals surface area contributed by atoms with Crippen molar-refractivity contribution in [2.75, 3.05) is 36.3 Å². The molecule has 0 spiro atoms. The third-order valence-electron chi connectivity index (χ3n) is 2.26. The molecule has 0 saturated carbocycles. The van der Waals surface area contributed by atoms with Gasteiger partial charge in [0.15, 0.2) is 0 Å². The van der Waals surface area contributed by atoms with Gasteiger partial charge in [-0.3, -0.25) is 9.59 Å². The van der Waals surface area contributed by atoms with Gasteiger partial charge >= 0.3 is 5.97 Å². The maximum absolute atomic E-state index is 11.8. The van der Waals surface area contributed by atoms with Gasteiger partial charge in [-0.05, 0) is 25.1 Å². The zero-order valence-corrected chi connectivity index (χ0v) is 12.3. The van der Waals surface area contributed by atoms with Crippen LogP contribution in [0.15, 0.2) is 18.2 Å². The Morgan fingerprint density at radius 3 is 2.75 bits per heavy atom. The fraction of sp³-hybridized carbons (Fsp3) is 0.385. The van der Waals surface area contributed by atoms with E-state index < -0.39 is 0 Å². The molecule has 0 aliphatic heterocycles. The van der Waals surface area contributed by atoms with Gasteiger partial charge in [0.2, 0.25) is 5.91 Å². The summed E-state index contributed by atoms with van der Waals surface area (Å²) in [5.74, 6) is 0.268. The zero-order chi connectivity index (χ0) is 15.0. The lowest BCUT2D eigenvalue weighted by atomic mass is 10.2. The molecule has 7 heteroatoms. The quantitative estimate of drug-likeness (QED) is 0.586. The smallest absolute Gasteiger partial charge is 0.315 e. The standard InChI is InChI=1S/C13H18N2O4S/c1-3-19-13(17)8-20-7-12(16)15-10-6-9(14)4-5-11(10)18-2/h4-6H,3,7-8,14H2,1-2H3,(H,15,16). The zero-order valence-electron chi connectivity index (χ0n) is 11.5. The van der Waals surface area contributed by atoms with E-state index in [2.05, 4.69) is 5.32 Å². The number of amides is 1. The first kappa shape index (κ1) is 16.2. The molecular weight excluding hydrogens is 280 g/mol. The molecule has 0 radical (unpaired) electrons. The summed E-state index contributed by atoms with van der Waals surface area (Å²) in [6.45, 7) is 2.08. The second-order valence-corrected chi connectivity index (χ2v) is 4.79. The molecule has 0 atom stereocenters. The van der Waals surface area contributed by atoms with E-state index in [0.717, 1.165) is 0 Å². The Kier molecular flexibility index (Phi) is 6.72. The summed E-state index contributed by atoms with van der Waals surface area (Å²) >= 11 is 1.19. The maximum atomic E-state index is 11.8. The van der Waals surface area contributed by atoms with Crippen LogP contribution < -0.4 is 15.8 Å². The third kappa shape index (κ3) is 5.40. The Balaban J connectivity index is 2.46. The molecule has 0 unspecified atom stereocenters. The highest BCUT2D eigenvalue weighted by Gasteiger charge is 2.09. The van der Waals surface area contributed by atoms with E-state index in [0.29, 0.717) is 23.7 Å². The normalized spacial score (nSPS) is 9.90. The number of methoxy groups -OCH3 is 1. The van der Waals surface area contributed by atoms with E-state index in [4.69, 9.17) is 15.2 Å². The van der Waals surface area contributed by atoms with Crippen molar-refractivity contribution in [3.05, 3.63) is 18.2 Å². The monoisotopic (exact) mass is 298 g/mol. The molecule has 0 aliphatic carbocycles. The van der Waals surface area contributed by atoms with Crippen molar-refractivity contribution < 1.29 is 19.1 Å². The topological polar surface area (TPSA) is 90.7 Å². The molecule has 0 saturated heterocycles. The summed E-state index contributed by atoms with van der Waals surface area (Å²) in [6, 6.07) is 4.98. The number of hydrogen-bond acceptors (Lipinski definition) is 6. The van der Waals surface area contributed by atoms with Crippen molar-refractivity contribution in [1.82, 2.24) is 0 Å². The first-order chi connectivity index (χ1) is 9.56. The van der Waals surface area contributed by atoms with Crippen molar-refractivity contribution in [3.63, 3.8) is 0 Å². The first-order valence-electron chi connectivity index (χ1n) is 6.03. The predicted molar refractivity (Wildman–Crippen MR) is 80.0 cm³/mol. The number of carbonyl (C=O) groups is 2. The van der Waals surface area contributed by atoms with E-state index in [1.165, 1.54) is 18.9 Å².